The van der Waals surface area contributed by atoms with Crippen LogP contribution in [0.3, 0.4) is 0 Å². The zero-order chi connectivity index (χ0) is 27.1. The molecule has 210 valence electrons. The van der Waals surface area contributed by atoms with Crippen molar-refractivity contribution < 1.29 is 27.8 Å². The Labute approximate surface area is 219 Å². The molecule has 0 radical (unpaired) electrons. The maximum atomic E-state index is 15.2. The van der Waals surface area contributed by atoms with E-state index in [0.29, 0.717) is 71.1 Å². The summed E-state index contributed by atoms with van der Waals surface area (Å²) < 4.78 is 48.1. The van der Waals surface area contributed by atoms with Crippen LogP contribution in [0.15, 0.2) is 24.3 Å². The predicted octanol–water partition coefficient (Wildman–Crippen LogP) is 5.04. The first-order valence-electron chi connectivity index (χ1n) is 13.7. The second kappa shape index (κ2) is 13.3. The predicted molar refractivity (Wildman–Crippen MR) is 138 cm³/mol. The fourth-order valence-corrected chi connectivity index (χ4v) is 6.72. The van der Waals surface area contributed by atoms with E-state index in [4.69, 9.17) is 10.5 Å². The van der Waals surface area contributed by atoms with Crippen LogP contribution in [0.25, 0.3) is 0 Å². The number of nitrogens with zero attached hydrogens (tertiary/aromatic N) is 1. The van der Waals surface area contributed by atoms with Gasteiger partial charge in [-0.1, -0.05) is 18.2 Å². The van der Waals surface area contributed by atoms with E-state index in [2.05, 4.69) is 5.32 Å². The number of amides is 2. The highest BCUT2D eigenvalue weighted by atomic mass is 19.3. The Bertz CT molecular complexity index is 864. The van der Waals surface area contributed by atoms with E-state index in [9.17, 15) is 18.7 Å². The molecule has 1 aromatic carbocycles. The number of piperidine rings is 1. The number of carbonyl (C=O) groups is 1. The number of primary amides is 1. The van der Waals surface area contributed by atoms with E-state index in [1.165, 1.54) is 6.07 Å². The van der Waals surface area contributed by atoms with Crippen molar-refractivity contribution in [1.29, 1.82) is 0 Å². The number of halogens is 3. The second-order valence-corrected chi connectivity index (χ2v) is 11.0. The fourth-order valence-electron chi connectivity index (χ4n) is 6.72. The standard InChI is InChI=1S/C28H44F3N3O3/c1-33-19-21(18-20-11-14-27(30,31)15-12-20)25-23(9-7-16-34(25)26(32)35)28(36,13-5-6-17-37-2)22-8-3-4-10-24(22)29/h3-4,8,10,20-21,23,25,33,36H,5-7,9,11-19H2,1-2H3,(H2,32,35)/t21-,23?,25?,28+/m0/s1. The molecule has 2 amide bonds. The van der Waals surface area contributed by atoms with Crippen LogP contribution >= 0.6 is 0 Å². The van der Waals surface area contributed by atoms with Gasteiger partial charge in [0.15, 0.2) is 0 Å². The summed E-state index contributed by atoms with van der Waals surface area (Å²) in [5.74, 6) is -3.59. The summed E-state index contributed by atoms with van der Waals surface area (Å²) in [4.78, 5) is 14.3. The average Bonchev–Trinajstić information content (AvgIpc) is 2.87. The van der Waals surface area contributed by atoms with Crippen molar-refractivity contribution >= 4 is 6.03 Å². The van der Waals surface area contributed by atoms with Crippen LogP contribution in [-0.4, -0.2) is 61.9 Å². The van der Waals surface area contributed by atoms with E-state index in [0.717, 1.165) is 0 Å². The number of hydrogen-bond donors (Lipinski definition) is 3. The lowest BCUT2D eigenvalue weighted by Crippen LogP contribution is -2.60. The summed E-state index contributed by atoms with van der Waals surface area (Å²) in [6, 6.07) is 5.28. The summed E-state index contributed by atoms with van der Waals surface area (Å²) >= 11 is 0. The molecule has 1 saturated heterocycles. The molecule has 1 saturated carbocycles. The molecule has 6 nitrogen and oxygen atoms in total. The number of benzene rings is 1. The van der Waals surface area contributed by atoms with E-state index in [-0.39, 0.29) is 30.2 Å². The number of hydrogen-bond acceptors (Lipinski definition) is 4. The Kier molecular flexibility index (Phi) is 10.7. The molecule has 2 aliphatic rings. The Morgan fingerprint density at radius 2 is 1.97 bits per heavy atom. The van der Waals surface area contributed by atoms with Crippen molar-refractivity contribution in [3.63, 3.8) is 0 Å². The van der Waals surface area contributed by atoms with Gasteiger partial charge in [-0.2, -0.15) is 0 Å². The van der Waals surface area contributed by atoms with Crippen LogP contribution in [0, 0.1) is 23.6 Å². The third-order valence-corrected chi connectivity index (χ3v) is 8.50. The van der Waals surface area contributed by atoms with Crippen LogP contribution < -0.4 is 11.1 Å². The Morgan fingerprint density at radius 1 is 1.27 bits per heavy atom. The zero-order valence-corrected chi connectivity index (χ0v) is 22.2. The fraction of sp³-hybridized carbons (Fsp3) is 0.750. The van der Waals surface area contributed by atoms with Gasteiger partial charge in [0.25, 0.3) is 0 Å². The minimum Gasteiger partial charge on any atom is -0.385 e. The molecule has 1 aliphatic carbocycles. The first-order valence-corrected chi connectivity index (χ1v) is 13.7. The number of aliphatic hydroxyl groups is 1. The molecule has 1 aliphatic heterocycles. The number of unbranched alkanes of at least 4 members (excludes halogenated alkanes) is 1. The van der Waals surface area contributed by atoms with Gasteiger partial charge in [0.2, 0.25) is 5.92 Å². The van der Waals surface area contributed by atoms with Crippen molar-refractivity contribution in [3.8, 4) is 0 Å². The lowest BCUT2D eigenvalue weighted by atomic mass is 9.65. The minimum atomic E-state index is -2.62. The molecule has 0 bridgehead atoms. The number of alkyl halides is 2. The summed E-state index contributed by atoms with van der Waals surface area (Å²) in [5.41, 5.74) is 4.58. The van der Waals surface area contributed by atoms with Crippen molar-refractivity contribution in [2.45, 2.75) is 81.8 Å². The number of likely N-dealkylation sites (tertiary alicyclic amines) is 1. The SMILES string of the molecule is CNC[C@H](CC1CCC(F)(F)CC1)C1C([C@@](O)(CCCCOC)c2ccccc2F)CCCN1C(N)=O. The van der Waals surface area contributed by atoms with E-state index >= 15 is 4.39 Å². The van der Waals surface area contributed by atoms with Gasteiger partial charge in [-0.15, -0.1) is 0 Å². The van der Waals surface area contributed by atoms with Crippen LogP contribution in [0.5, 0.6) is 0 Å². The van der Waals surface area contributed by atoms with Gasteiger partial charge in [-0.25, -0.2) is 18.0 Å². The first-order chi connectivity index (χ1) is 17.6. The van der Waals surface area contributed by atoms with Crippen molar-refractivity contribution in [2.75, 3.05) is 33.9 Å². The normalized spacial score (nSPS) is 25.0. The largest absolute Gasteiger partial charge is 0.385 e. The number of methoxy groups -OCH3 is 1. The van der Waals surface area contributed by atoms with Crippen molar-refractivity contribution in [1.82, 2.24) is 10.2 Å². The second-order valence-electron chi connectivity index (χ2n) is 11.0. The van der Waals surface area contributed by atoms with Gasteiger partial charge in [0.05, 0.1) is 5.60 Å². The summed E-state index contributed by atoms with van der Waals surface area (Å²) in [5, 5.41) is 15.6. The van der Waals surface area contributed by atoms with Crippen LogP contribution in [0.2, 0.25) is 0 Å². The summed E-state index contributed by atoms with van der Waals surface area (Å²) in [6.45, 7) is 1.52. The number of urea groups is 1. The summed E-state index contributed by atoms with van der Waals surface area (Å²) in [7, 11) is 3.44. The highest BCUT2D eigenvalue weighted by Crippen LogP contribution is 2.47. The quantitative estimate of drug-likeness (QED) is 0.332. The molecule has 37 heavy (non-hydrogen) atoms. The Hall–Kier alpha value is -1.84. The molecule has 4 atom stereocenters. The number of nitrogens with two attached hydrogens (primary N) is 1. The van der Waals surface area contributed by atoms with Gasteiger partial charge < -0.3 is 25.8 Å². The highest BCUT2D eigenvalue weighted by Gasteiger charge is 2.50. The highest BCUT2D eigenvalue weighted by molar-refractivity contribution is 5.72. The third-order valence-electron chi connectivity index (χ3n) is 8.50. The molecule has 1 heterocycles. The average molecular weight is 528 g/mol. The van der Waals surface area contributed by atoms with Crippen LogP contribution in [-0.2, 0) is 10.3 Å². The van der Waals surface area contributed by atoms with Gasteiger partial charge >= 0.3 is 6.03 Å². The maximum absolute atomic E-state index is 15.2. The molecule has 2 unspecified atom stereocenters. The molecular weight excluding hydrogens is 483 g/mol. The minimum absolute atomic E-state index is 0.0959. The molecule has 1 aromatic rings. The third kappa shape index (κ3) is 7.39. The molecule has 0 aromatic heterocycles. The van der Waals surface area contributed by atoms with Crippen LogP contribution in [0.1, 0.15) is 69.8 Å². The molecule has 0 spiro atoms. The van der Waals surface area contributed by atoms with E-state index in [1.54, 1.807) is 30.2 Å². The molecule has 2 fully saturated rings. The van der Waals surface area contributed by atoms with Crippen molar-refractivity contribution in [2.24, 2.45) is 23.5 Å². The zero-order valence-electron chi connectivity index (χ0n) is 22.2. The van der Waals surface area contributed by atoms with Crippen LogP contribution in [0.4, 0.5) is 18.0 Å². The lowest BCUT2D eigenvalue weighted by Gasteiger charge is -2.51. The molecule has 9 heteroatoms. The first kappa shape index (κ1) is 29.7. The number of nitrogens with one attached hydrogen (secondary N) is 1. The Morgan fingerprint density at radius 3 is 2.59 bits per heavy atom. The maximum Gasteiger partial charge on any atom is 0.315 e. The topological polar surface area (TPSA) is 87.8 Å². The Balaban J connectivity index is 1.99. The molecule has 3 rings (SSSR count). The monoisotopic (exact) mass is 527 g/mol. The summed E-state index contributed by atoms with van der Waals surface area (Å²) in [6.07, 6.45) is 4.12. The number of ether oxygens (including phenoxy) is 1. The van der Waals surface area contributed by atoms with E-state index < -0.39 is 35.3 Å². The van der Waals surface area contributed by atoms with Gasteiger partial charge in [-0.05, 0) is 82.9 Å². The number of rotatable bonds is 12. The van der Waals surface area contributed by atoms with Gasteiger partial charge in [0.1, 0.15) is 5.82 Å². The number of carbonyl (C=O) groups excluding carboxylic acids is 1. The van der Waals surface area contributed by atoms with E-state index in [1.807, 2.05) is 7.05 Å². The van der Waals surface area contributed by atoms with Gasteiger partial charge in [-0.3, -0.25) is 0 Å². The van der Waals surface area contributed by atoms with Crippen molar-refractivity contribution in [3.05, 3.63) is 35.6 Å². The lowest BCUT2D eigenvalue weighted by molar-refractivity contribution is -0.0971. The van der Waals surface area contributed by atoms with Gasteiger partial charge in [0, 0.05) is 50.6 Å². The smallest absolute Gasteiger partial charge is 0.315 e. The molecule has 4 N–H and O–H groups in total. The molecular formula is C28H44F3N3O3.